The average molecular weight is 333 g/mol. The molecule has 0 bridgehead atoms. The number of fused-ring (bicyclic) bond motifs is 1. The molecule has 1 atom stereocenters. The summed E-state index contributed by atoms with van der Waals surface area (Å²) in [5.41, 5.74) is 1.58. The molecule has 1 aliphatic heterocycles. The maximum Gasteiger partial charge on any atom is 0.144 e. The molecule has 2 nitrogen and oxygen atoms in total. The van der Waals surface area contributed by atoms with Gasteiger partial charge < -0.3 is 4.57 Å². The Morgan fingerprint density at radius 2 is 2.30 bits per heavy atom. The van der Waals surface area contributed by atoms with E-state index in [1.165, 1.54) is 24.0 Å². The molecule has 0 aliphatic carbocycles. The summed E-state index contributed by atoms with van der Waals surface area (Å²) in [6.07, 6.45) is 1.91. The number of halogens is 3. The summed E-state index contributed by atoms with van der Waals surface area (Å²) >= 11 is 13.8. The first-order valence-electron chi connectivity index (χ1n) is 6.67. The van der Waals surface area contributed by atoms with Gasteiger partial charge in [-0.15, -0.1) is 11.6 Å². The topological polar surface area (TPSA) is 17.8 Å². The van der Waals surface area contributed by atoms with Crippen LogP contribution in [-0.2, 0) is 13.0 Å². The Morgan fingerprint density at radius 3 is 3.00 bits per heavy atom. The van der Waals surface area contributed by atoms with Crippen LogP contribution in [0.15, 0.2) is 12.1 Å². The number of imidazole rings is 1. The van der Waals surface area contributed by atoms with Gasteiger partial charge in [-0.2, -0.15) is 11.8 Å². The van der Waals surface area contributed by atoms with E-state index in [4.69, 9.17) is 23.2 Å². The maximum absolute atomic E-state index is 13.6. The Labute approximate surface area is 131 Å². The minimum atomic E-state index is -0.419. The molecule has 0 saturated carbocycles. The van der Waals surface area contributed by atoms with Crippen LogP contribution < -0.4 is 0 Å². The predicted molar refractivity (Wildman–Crippen MR) is 84.6 cm³/mol. The molecule has 0 N–H and O–H groups in total. The Kier molecular flexibility index (Phi) is 4.43. The highest BCUT2D eigenvalue weighted by molar-refractivity contribution is 7.99. The lowest BCUT2D eigenvalue weighted by molar-refractivity contribution is 0.490. The Bertz CT molecular complexity index is 623. The van der Waals surface area contributed by atoms with E-state index in [1.807, 2.05) is 11.8 Å². The number of aryl methyl sites for hydroxylation is 1. The fraction of sp³-hybridized carbons (Fsp3) is 0.500. The maximum atomic E-state index is 13.6. The molecule has 1 aromatic heterocycles. The van der Waals surface area contributed by atoms with Crippen LogP contribution >= 0.6 is 35.0 Å². The number of aromatic nitrogens is 2. The normalized spacial score (nSPS) is 19.1. The Balaban J connectivity index is 2.04. The van der Waals surface area contributed by atoms with E-state index >= 15 is 0 Å². The quantitative estimate of drug-likeness (QED) is 0.774. The number of nitrogens with zero attached hydrogens (tertiary/aromatic N) is 2. The number of rotatable bonds is 4. The summed E-state index contributed by atoms with van der Waals surface area (Å²) in [7, 11) is 0. The summed E-state index contributed by atoms with van der Waals surface area (Å²) in [4.78, 5) is 4.52. The zero-order valence-electron chi connectivity index (χ0n) is 10.9. The molecule has 0 amide bonds. The predicted octanol–water partition coefficient (Wildman–Crippen LogP) is 4.36. The van der Waals surface area contributed by atoms with Crippen molar-refractivity contribution < 1.29 is 4.39 Å². The molecular weight excluding hydrogens is 318 g/mol. The smallest absolute Gasteiger partial charge is 0.144 e. The molecule has 3 rings (SSSR count). The van der Waals surface area contributed by atoms with Crippen molar-refractivity contribution in [1.82, 2.24) is 9.55 Å². The van der Waals surface area contributed by atoms with Crippen LogP contribution in [0.5, 0.6) is 0 Å². The standard InChI is InChI=1S/C14H15Cl2FN2S/c15-3-1-14-18-12-6-11(17)10(16)5-13(12)19(14)7-9-2-4-20-8-9/h5-6,9H,1-4,7-8H2. The fourth-order valence-electron chi connectivity index (χ4n) is 2.63. The zero-order valence-corrected chi connectivity index (χ0v) is 13.2. The minimum absolute atomic E-state index is 0.150. The van der Waals surface area contributed by atoms with Crippen LogP contribution in [0.25, 0.3) is 11.0 Å². The first-order valence-corrected chi connectivity index (χ1v) is 8.73. The van der Waals surface area contributed by atoms with Crippen molar-refractivity contribution in [3.05, 3.63) is 28.8 Å². The van der Waals surface area contributed by atoms with Crippen molar-refractivity contribution in [2.45, 2.75) is 19.4 Å². The van der Waals surface area contributed by atoms with Crippen LogP contribution in [0.4, 0.5) is 4.39 Å². The third kappa shape index (κ3) is 2.78. The second-order valence-corrected chi connectivity index (χ2v) is 7.00. The van der Waals surface area contributed by atoms with Gasteiger partial charge in [0, 0.05) is 24.9 Å². The van der Waals surface area contributed by atoms with Crippen LogP contribution in [0.2, 0.25) is 5.02 Å². The molecule has 1 saturated heterocycles. The highest BCUT2D eigenvalue weighted by Gasteiger charge is 2.20. The van der Waals surface area contributed by atoms with Crippen LogP contribution in [-0.4, -0.2) is 26.9 Å². The van der Waals surface area contributed by atoms with Gasteiger partial charge >= 0.3 is 0 Å². The molecule has 0 radical (unpaired) electrons. The van der Waals surface area contributed by atoms with E-state index in [-0.39, 0.29) is 5.02 Å². The third-order valence-corrected chi connectivity index (χ3v) is 5.36. The molecule has 1 fully saturated rings. The van der Waals surface area contributed by atoms with Crippen molar-refractivity contribution in [2.75, 3.05) is 17.4 Å². The molecule has 1 aromatic carbocycles. The molecular formula is C14H15Cl2FN2S. The lowest BCUT2D eigenvalue weighted by Gasteiger charge is -2.13. The lowest BCUT2D eigenvalue weighted by Crippen LogP contribution is -2.13. The number of hydrogen-bond donors (Lipinski definition) is 0. The molecule has 1 unspecified atom stereocenters. The first kappa shape index (κ1) is 14.5. The molecule has 6 heteroatoms. The highest BCUT2D eigenvalue weighted by Crippen LogP contribution is 2.29. The number of hydrogen-bond acceptors (Lipinski definition) is 2. The van der Waals surface area contributed by atoms with Crippen molar-refractivity contribution in [3.8, 4) is 0 Å². The van der Waals surface area contributed by atoms with Crippen molar-refractivity contribution >= 4 is 46.0 Å². The number of alkyl halides is 1. The second-order valence-electron chi connectivity index (χ2n) is 5.06. The van der Waals surface area contributed by atoms with E-state index in [2.05, 4.69) is 9.55 Å². The van der Waals surface area contributed by atoms with Crippen molar-refractivity contribution in [3.63, 3.8) is 0 Å². The summed E-state index contributed by atoms with van der Waals surface area (Å²) in [6, 6.07) is 3.09. The SMILES string of the molecule is Fc1cc2nc(CCCl)n(CC3CCSC3)c2cc1Cl. The van der Waals surface area contributed by atoms with E-state index < -0.39 is 5.82 Å². The number of thioether (sulfide) groups is 1. The first-order chi connectivity index (χ1) is 9.69. The highest BCUT2D eigenvalue weighted by atomic mass is 35.5. The van der Waals surface area contributed by atoms with Crippen molar-refractivity contribution in [2.24, 2.45) is 5.92 Å². The van der Waals surface area contributed by atoms with Gasteiger partial charge in [0.2, 0.25) is 0 Å². The van der Waals surface area contributed by atoms with Crippen LogP contribution in [0.1, 0.15) is 12.2 Å². The van der Waals surface area contributed by atoms with Gasteiger partial charge in [-0.1, -0.05) is 11.6 Å². The monoisotopic (exact) mass is 332 g/mol. The zero-order chi connectivity index (χ0) is 14.1. The summed E-state index contributed by atoms with van der Waals surface area (Å²) < 4.78 is 15.7. The van der Waals surface area contributed by atoms with Crippen LogP contribution in [0.3, 0.4) is 0 Å². The molecule has 1 aliphatic rings. The summed E-state index contributed by atoms with van der Waals surface area (Å²) in [5, 5.41) is 0.150. The molecule has 0 spiro atoms. The second kappa shape index (κ2) is 6.12. The van der Waals surface area contributed by atoms with E-state index in [0.717, 1.165) is 17.9 Å². The number of benzene rings is 1. The van der Waals surface area contributed by atoms with E-state index in [1.54, 1.807) is 6.07 Å². The van der Waals surface area contributed by atoms with E-state index in [9.17, 15) is 4.39 Å². The Morgan fingerprint density at radius 1 is 1.45 bits per heavy atom. The summed E-state index contributed by atoms with van der Waals surface area (Å²) in [6.45, 7) is 0.914. The molecule has 108 valence electrons. The van der Waals surface area contributed by atoms with Gasteiger partial charge in [-0.3, -0.25) is 0 Å². The molecule has 2 heterocycles. The fourth-order valence-corrected chi connectivity index (χ4v) is 4.23. The van der Waals surface area contributed by atoms with Crippen LogP contribution in [0, 0.1) is 11.7 Å². The van der Waals surface area contributed by atoms with Gasteiger partial charge in [-0.05, 0) is 29.9 Å². The van der Waals surface area contributed by atoms with Gasteiger partial charge in [0.15, 0.2) is 0 Å². The third-order valence-electron chi connectivity index (χ3n) is 3.65. The molecule has 2 aromatic rings. The van der Waals surface area contributed by atoms with Gasteiger partial charge in [-0.25, -0.2) is 9.37 Å². The van der Waals surface area contributed by atoms with Crippen molar-refractivity contribution in [1.29, 1.82) is 0 Å². The summed E-state index contributed by atoms with van der Waals surface area (Å²) in [5.74, 6) is 4.06. The average Bonchev–Trinajstić information content (AvgIpc) is 3.02. The van der Waals surface area contributed by atoms with Gasteiger partial charge in [0.05, 0.1) is 16.1 Å². The molecule has 20 heavy (non-hydrogen) atoms. The van der Waals surface area contributed by atoms with E-state index in [0.29, 0.717) is 23.7 Å². The Hall–Kier alpha value is -0.450. The van der Waals surface area contributed by atoms with Gasteiger partial charge in [0.25, 0.3) is 0 Å². The largest absolute Gasteiger partial charge is 0.328 e. The minimum Gasteiger partial charge on any atom is -0.328 e. The van der Waals surface area contributed by atoms with Gasteiger partial charge in [0.1, 0.15) is 11.6 Å². The lowest BCUT2D eigenvalue weighted by atomic mass is 10.1.